The molecule has 0 rings (SSSR count). The molecule has 0 aromatic heterocycles. The van der Waals surface area contributed by atoms with Crippen molar-refractivity contribution >= 4 is 19.8 Å². The van der Waals surface area contributed by atoms with Gasteiger partial charge in [-0.05, 0) is 84.4 Å². The van der Waals surface area contributed by atoms with Crippen LogP contribution in [0.2, 0.25) is 0 Å². The predicted octanol–water partition coefficient (Wildman–Crippen LogP) is 0.400. The first-order valence-corrected chi connectivity index (χ1v) is 15.2. The van der Waals surface area contributed by atoms with Gasteiger partial charge in [0.05, 0.1) is 14.4 Å². The molecule has 0 radical (unpaired) electrons. The molecule has 0 heterocycles. The quantitative estimate of drug-likeness (QED) is 0.0540. The van der Waals surface area contributed by atoms with Crippen LogP contribution >= 0.6 is 7.82 Å². The molecule has 0 bridgehead atoms. The number of carbonyl (C=O) groups is 2. The van der Waals surface area contributed by atoms with Crippen molar-refractivity contribution in [2.24, 2.45) is 0 Å². The number of esters is 2. The van der Waals surface area contributed by atoms with E-state index in [0.717, 1.165) is 19.3 Å². The summed E-state index contributed by atoms with van der Waals surface area (Å²) in [6.07, 6.45) is 11.1. The van der Waals surface area contributed by atoms with Crippen LogP contribution in [0.25, 0.3) is 0 Å². The van der Waals surface area contributed by atoms with Crippen LogP contribution in [0.3, 0.4) is 0 Å². The average Bonchev–Trinajstić information content (AvgIpc) is 2.95. The molecule has 0 saturated heterocycles. The minimum absolute atomic E-state index is 0. The van der Waals surface area contributed by atoms with Gasteiger partial charge in [-0.1, -0.05) is 77.1 Å². The monoisotopic (exact) mass is 679 g/mol. The van der Waals surface area contributed by atoms with Crippen molar-refractivity contribution in [3.63, 3.8) is 0 Å². The van der Waals surface area contributed by atoms with Crippen molar-refractivity contribution in [2.45, 2.75) is 97.0 Å². The molecular weight excluding hydrogens is 615 g/mol. The standard InChI is InChI=1S/C33H37O8P.H3N.2Na.13H2/c1-3-5-7-9-11-13-15-16-18-19-21-23-25-27-32(34)39-29-31(30-40-42(36,37)38)41-33(35)28-26-24-22-20-17-14-12-10-8-6-4-2;;;;;;;;;;;;;;;;/h31H,4,6,8,10,12,14,17,20,22,24,26,28-30H2,1-2H3,(H2,36,37,38);1H3;;;13*1H/q;;2*+1;;;;;;;;;;;;;/p-2/t31-;;;;;;;;;;;;;;;;/m0................/s1. The molecule has 0 amide bonds. The minimum Gasteiger partial charge on any atom is -0.790 e. The van der Waals surface area contributed by atoms with Crippen molar-refractivity contribution in [3.05, 3.63) is 0 Å². The van der Waals surface area contributed by atoms with Gasteiger partial charge < -0.3 is 34.5 Å². The van der Waals surface area contributed by atoms with E-state index >= 15 is 0 Å². The van der Waals surface area contributed by atoms with Crippen LogP contribution < -0.4 is 75.1 Å². The van der Waals surface area contributed by atoms with Gasteiger partial charge in [-0.15, -0.1) is 0 Å². The van der Waals surface area contributed by atoms with Crippen molar-refractivity contribution < 1.29 is 116 Å². The zero-order valence-corrected chi connectivity index (χ0v) is 31.8. The van der Waals surface area contributed by atoms with Crippen LogP contribution in [0.15, 0.2) is 0 Å². The Balaban J connectivity index is -0.0000000700. The number of phosphoric acid groups is 1. The maximum atomic E-state index is 12.2. The summed E-state index contributed by atoms with van der Waals surface area (Å²) in [5.41, 5.74) is 0. The van der Waals surface area contributed by atoms with Gasteiger partial charge in [-0.2, -0.15) is 0 Å². The van der Waals surface area contributed by atoms with Gasteiger partial charge >= 0.3 is 71.1 Å². The molecule has 3 N–H and O–H groups in total. The molecular formula is C33H64NNa2O8P. The van der Waals surface area contributed by atoms with Crippen LogP contribution in [-0.4, -0.2) is 31.3 Å². The van der Waals surface area contributed by atoms with Crippen molar-refractivity contribution in [2.75, 3.05) is 13.2 Å². The van der Waals surface area contributed by atoms with E-state index < -0.39 is 39.1 Å². The molecule has 0 unspecified atom stereocenters. The fourth-order valence-electron chi connectivity index (χ4n) is 3.13. The van der Waals surface area contributed by atoms with Crippen LogP contribution in [-0.2, 0) is 28.2 Å². The maximum absolute atomic E-state index is 12.2. The van der Waals surface area contributed by atoms with Gasteiger partial charge in [0.1, 0.15) is 6.61 Å². The first kappa shape index (κ1) is 49.8. The molecule has 0 aliphatic heterocycles. The Bertz CT molecular complexity index is 1390. The molecule has 0 fully saturated rings. The predicted molar refractivity (Wildman–Crippen MR) is 188 cm³/mol. The Morgan fingerprint density at radius 3 is 1.56 bits per heavy atom. The topological polar surface area (TPSA) is 160 Å². The minimum atomic E-state index is -5.32. The fourth-order valence-corrected chi connectivity index (χ4v) is 3.48. The Hall–Kier alpha value is -2.07. The number of unbranched alkanes of at least 4 members (excludes halogenated alkanes) is 10. The molecule has 45 heavy (non-hydrogen) atoms. The molecule has 12 heteroatoms. The Labute approximate surface area is 332 Å². The first-order valence-electron chi connectivity index (χ1n) is 13.7. The second kappa shape index (κ2) is 36.4. The largest absolute Gasteiger partial charge is 1.00 e. The van der Waals surface area contributed by atoms with E-state index in [1.807, 2.05) is 0 Å². The van der Waals surface area contributed by atoms with Gasteiger partial charge in [0.25, 0.3) is 0 Å². The van der Waals surface area contributed by atoms with E-state index in [-0.39, 0.29) is 90.2 Å². The summed E-state index contributed by atoms with van der Waals surface area (Å²) in [5, 5.41) is 0. The molecule has 0 aromatic rings. The van der Waals surface area contributed by atoms with Crippen molar-refractivity contribution in [1.82, 2.24) is 6.15 Å². The molecule has 0 aliphatic rings. The van der Waals surface area contributed by atoms with E-state index in [1.54, 1.807) is 6.92 Å². The zero-order chi connectivity index (χ0) is 31.2. The first-order chi connectivity index (χ1) is 20.3. The number of rotatable bonds is 18. The molecule has 1 atom stereocenters. The molecule has 256 valence electrons. The third kappa shape index (κ3) is 39.9. The summed E-state index contributed by atoms with van der Waals surface area (Å²) in [5.74, 6) is 32.0. The van der Waals surface area contributed by atoms with E-state index in [1.165, 1.54) is 44.9 Å². The second-order valence-corrected chi connectivity index (χ2v) is 9.77. The summed E-state index contributed by atoms with van der Waals surface area (Å²) >= 11 is 0. The van der Waals surface area contributed by atoms with Crippen LogP contribution in [0.5, 0.6) is 0 Å². The van der Waals surface area contributed by atoms with E-state index in [4.69, 9.17) is 9.47 Å². The fraction of sp³-hybridized carbons (Fsp3) is 0.515. The Morgan fingerprint density at radius 2 is 1.11 bits per heavy atom. The number of hydrogen-bond acceptors (Lipinski definition) is 9. The van der Waals surface area contributed by atoms with Crippen LogP contribution in [0.4, 0.5) is 0 Å². The normalized spacial score (nSPS) is 9.07. The molecule has 0 spiro atoms. The van der Waals surface area contributed by atoms with Crippen LogP contribution in [0.1, 0.15) is 109 Å². The SMILES string of the molecule is CC#CC#CC#CC#CC#CC#CC#CC(=O)OC[C@@H](COP(=O)([O-])[O-])OC(=O)CCCCCCCCCCCCC.N.[HH].[HH].[HH].[HH].[HH].[HH].[HH].[HH].[HH].[HH].[HH].[HH].[HH].[Na+].[Na+]. The van der Waals surface area contributed by atoms with Gasteiger partial charge in [0.15, 0.2) is 6.10 Å². The number of hydrogen-bond donors (Lipinski definition) is 1. The average molecular weight is 680 g/mol. The number of phosphoric ester groups is 1. The molecule has 9 nitrogen and oxygen atoms in total. The summed E-state index contributed by atoms with van der Waals surface area (Å²) in [4.78, 5) is 45.6. The smallest absolute Gasteiger partial charge is 0.790 e. The molecule has 0 aromatic carbocycles. The van der Waals surface area contributed by atoms with E-state index in [0.29, 0.717) is 6.42 Å². The van der Waals surface area contributed by atoms with Gasteiger partial charge in [0, 0.05) is 30.9 Å². The van der Waals surface area contributed by atoms with Crippen molar-refractivity contribution in [3.8, 4) is 82.9 Å². The van der Waals surface area contributed by atoms with Gasteiger partial charge in [0.2, 0.25) is 0 Å². The Kier molecular flexibility index (Phi) is 40.3. The van der Waals surface area contributed by atoms with E-state index in [9.17, 15) is 23.9 Å². The van der Waals surface area contributed by atoms with Gasteiger partial charge in [-0.25, -0.2) is 4.79 Å². The molecule has 0 aliphatic carbocycles. The molecule has 0 saturated carbocycles. The third-order valence-corrected chi connectivity index (χ3v) is 5.54. The number of carbonyl (C=O) groups excluding carboxylic acids is 2. The van der Waals surface area contributed by atoms with Crippen molar-refractivity contribution in [1.29, 1.82) is 0 Å². The van der Waals surface area contributed by atoms with Gasteiger partial charge in [-0.3, -0.25) is 4.79 Å². The summed E-state index contributed by atoms with van der Waals surface area (Å²) in [6, 6.07) is 0. The third-order valence-electron chi connectivity index (χ3n) is 5.08. The Morgan fingerprint density at radius 1 is 0.689 bits per heavy atom. The van der Waals surface area contributed by atoms with E-state index in [2.05, 4.69) is 94.3 Å². The maximum Gasteiger partial charge on any atom is 1.00 e. The summed E-state index contributed by atoms with van der Waals surface area (Å²) in [6.45, 7) is 2.52. The number of ether oxygens (including phenoxy) is 2. The summed E-state index contributed by atoms with van der Waals surface area (Å²) < 4.78 is 25.0. The summed E-state index contributed by atoms with van der Waals surface area (Å²) in [7, 11) is -5.32. The second-order valence-electron chi connectivity index (χ2n) is 8.61. The zero-order valence-electron chi connectivity index (χ0n) is 26.9. The van der Waals surface area contributed by atoms with Crippen LogP contribution in [0, 0.1) is 82.9 Å².